The first-order valence-electron chi connectivity index (χ1n) is 6.31. The topological polar surface area (TPSA) is 105 Å². The van der Waals surface area contributed by atoms with Gasteiger partial charge in [0.1, 0.15) is 10.6 Å². The molecule has 1 heterocycles. The van der Waals surface area contributed by atoms with Gasteiger partial charge in [0, 0.05) is 12.1 Å². The quantitative estimate of drug-likeness (QED) is 0.735. The summed E-state index contributed by atoms with van der Waals surface area (Å²) in [5, 5.41) is 12.0. The van der Waals surface area contributed by atoms with Gasteiger partial charge in [0.05, 0.1) is 5.69 Å². The highest BCUT2D eigenvalue weighted by Crippen LogP contribution is 2.24. The van der Waals surface area contributed by atoms with Crippen LogP contribution in [0.4, 0.5) is 10.7 Å². The molecule has 1 aromatic carbocycles. The van der Waals surface area contributed by atoms with Crippen LogP contribution in [0.2, 0.25) is 0 Å². The molecule has 1 aromatic heterocycles. The van der Waals surface area contributed by atoms with Crippen LogP contribution in [-0.2, 0) is 11.2 Å². The monoisotopic (exact) mass is 305 g/mol. The number of hydrogen-bond donors (Lipinski definition) is 3. The van der Waals surface area contributed by atoms with Gasteiger partial charge in [0.2, 0.25) is 5.91 Å². The first kappa shape index (κ1) is 15.0. The standard InChI is InChI=1S/C14H15N3O3S/c1-8-12(14(19)20)13(21-17-8)16-11(18)6-5-9-3-2-4-10(15)7-9/h2-4,7H,5-6,15H2,1H3,(H,16,18)(H,19,20). The van der Waals surface area contributed by atoms with Gasteiger partial charge in [-0.2, -0.15) is 4.37 Å². The summed E-state index contributed by atoms with van der Waals surface area (Å²) in [5.74, 6) is -1.34. The van der Waals surface area contributed by atoms with Crippen LogP contribution in [0.1, 0.15) is 28.0 Å². The molecular formula is C14H15N3O3S. The number of carbonyl (C=O) groups excluding carboxylic acids is 1. The van der Waals surface area contributed by atoms with E-state index in [1.165, 1.54) is 0 Å². The number of benzene rings is 1. The number of hydrogen-bond acceptors (Lipinski definition) is 5. The Kier molecular flexibility index (Phi) is 4.54. The van der Waals surface area contributed by atoms with E-state index in [-0.39, 0.29) is 22.9 Å². The van der Waals surface area contributed by atoms with E-state index in [9.17, 15) is 9.59 Å². The largest absolute Gasteiger partial charge is 0.478 e. The number of carbonyl (C=O) groups is 2. The lowest BCUT2D eigenvalue weighted by atomic mass is 10.1. The van der Waals surface area contributed by atoms with E-state index in [0.29, 0.717) is 17.8 Å². The molecule has 0 saturated carbocycles. The second-order valence-electron chi connectivity index (χ2n) is 4.57. The molecule has 4 N–H and O–H groups in total. The zero-order valence-electron chi connectivity index (χ0n) is 11.4. The molecule has 0 unspecified atom stereocenters. The van der Waals surface area contributed by atoms with Crippen molar-refractivity contribution >= 4 is 34.1 Å². The highest BCUT2D eigenvalue weighted by molar-refractivity contribution is 7.11. The number of carboxylic acid groups (broad SMARTS) is 1. The number of anilines is 2. The van der Waals surface area contributed by atoms with Crippen molar-refractivity contribution < 1.29 is 14.7 Å². The van der Waals surface area contributed by atoms with Crippen LogP contribution in [0.3, 0.4) is 0 Å². The van der Waals surface area contributed by atoms with Crippen LogP contribution in [0.25, 0.3) is 0 Å². The molecule has 0 radical (unpaired) electrons. The van der Waals surface area contributed by atoms with Crippen molar-refractivity contribution in [3.05, 3.63) is 41.1 Å². The van der Waals surface area contributed by atoms with Gasteiger partial charge >= 0.3 is 5.97 Å². The van der Waals surface area contributed by atoms with E-state index in [1.807, 2.05) is 18.2 Å². The summed E-state index contributed by atoms with van der Waals surface area (Å²) in [6.45, 7) is 1.60. The van der Waals surface area contributed by atoms with Gasteiger partial charge < -0.3 is 16.2 Å². The van der Waals surface area contributed by atoms with Gasteiger partial charge in [0.15, 0.2) is 0 Å². The zero-order valence-corrected chi connectivity index (χ0v) is 12.2. The molecule has 0 fully saturated rings. The molecule has 2 aromatic rings. The average Bonchev–Trinajstić information content (AvgIpc) is 2.77. The lowest BCUT2D eigenvalue weighted by molar-refractivity contribution is -0.116. The van der Waals surface area contributed by atoms with E-state index in [4.69, 9.17) is 10.8 Å². The summed E-state index contributed by atoms with van der Waals surface area (Å²) >= 11 is 0.974. The fraction of sp³-hybridized carbons (Fsp3) is 0.214. The first-order valence-corrected chi connectivity index (χ1v) is 7.08. The SMILES string of the molecule is Cc1nsc(NC(=O)CCc2cccc(N)c2)c1C(=O)O. The van der Waals surface area contributed by atoms with Crippen LogP contribution in [0, 0.1) is 6.92 Å². The van der Waals surface area contributed by atoms with Crippen LogP contribution in [0.5, 0.6) is 0 Å². The predicted molar refractivity (Wildman–Crippen MR) is 81.6 cm³/mol. The third-order valence-corrected chi connectivity index (χ3v) is 3.78. The number of nitrogen functional groups attached to an aromatic ring is 1. The molecule has 110 valence electrons. The minimum absolute atomic E-state index is 0.0531. The number of nitrogens with one attached hydrogen (secondary N) is 1. The highest BCUT2D eigenvalue weighted by Gasteiger charge is 2.19. The number of nitrogens with two attached hydrogens (primary N) is 1. The molecule has 0 atom stereocenters. The van der Waals surface area contributed by atoms with Crippen LogP contribution in [0.15, 0.2) is 24.3 Å². The number of nitrogens with zero attached hydrogens (tertiary/aromatic N) is 1. The Morgan fingerprint density at radius 1 is 1.43 bits per heavy atom. The van der Waals surface area contributed by atoms with Crippen molar-refractivity contribution in [1.82, 2.24) is 4.37 Å². The number of aromatic nitrogens is 1. The molecule has 21 heavy (non-hydrogen) atoms. The normalized spacial score (nSPS) is 10.3. The Bertz CT molecular complexity index is 682. The van der Waals surface area contributed by atoms with Crippen molar-refractivity contribution in [2.45, 2.75) is 19.8 Å². The van der Waals surface area contributed by atoms with Crippen molar-refractivity contribution in [1.29, 1.82) is 0 Å². The summed E-state index contributed by atoms with van der Waals surface area (Å²) in [4.78, 5) is 23.0. The maximum Gasteiger partial charge on any atom is 0.340 e. The number of aryl methyl sites for hydroxylation is 2. The molecule has 2 rings (SSSR count). The second-order valence-corrected chi connectivity index (χ2v) is 5.34. The van der Waals surface area contributed by atoms with Gasteiger partial charge in [-0.3, -0.25) is 4.79 Å². The first-order chi connectivity index (χ1) is 9.97. The Morgan fingerprint density at radius 2 is 2.19 bits per heavy atom. The van der Waals surface area contributed by atoms with Gasteiger partial charge in [-0.25, -0.2) is 4.79 Å². The lowest BCUT2D eigenvalue weighted by Gasteiger charge is -2.05. The minimum atomic E-state index is -1.09. The molecule has 6 nitrogen and oxygen atoms in total. The molecule has 7 heteroatoms. The lowest BCUT2D eigenvalue weighted by Crippen LogP contribution is -2.14. The van der Waals surface area contributed by atoms with Crippen molar-refractivity contribution in [3.8, 4) is 0 Å². The van der Waals surface area contributed by atoms with Crippen molar-refractivity contribution in [2.75, 3.05) is 11.1 Å². The molecule has 0 saturated heterocycles. The maximum absolute atomic E-state index is 11.9. The maximum atomic E-state index is 11.9. The summed E-state index contributed by atoms with van der Waals surface area (Å²) in [6.07, 6.45) is 0.788. The van der Waals surface area contributed by atoms with E-state index >= 15 is 0 Å². The molecular weight excluding hydrogens is 290 g/mol. The number of aromatic carboxylic acids is 1. The van der Waals surface area contributed by atoms with E-state index in [1.54, 1.807) is 13.0 Å². The Morgan fingerprint density at radius 3 is 2.86 bits per heavy atom. The molecule has 0 spiro atoms. The predicted octanol–water partition coefficient (Wildman–Crippen LogP) is 2.30. The van der Waals surface area contributed by atoms with Crippen LogP contribution >= 0.6 is 11.5 Å². The van der Waals surface area contributed by atoms with E-state index < -0.39 is 5.97 Å². The van der Waals surface area contributed by atoms with Gasteiger partial charge in [-0.1, -0.05) is 12.1 Å². The Hall–Kier alpha value is -2.41. The summed E-state index contributed by atoms with van der Waals surface area (Å²) in [7, 11) is 0. The van der Waals surface area contributed by atoms with Gasteiger partial charge in [0.25, 0.3) is 0 Å². The molecule has 0 aliphatic carbocycles. The Balaban J connectivity index is 1.98. The third-order valence-electron chi connectivity index (χ3n) is 2.92. The van der Waals surface area contributed by atoms with E-state index in [0.717, 1.165) is 17.1 Å². The van der Waals surface area contributed by atoms with Gasteiger partial charge in [-0.05, 0) is 42.6 Å². The molecule has 0 bridgehead atoms. The summed E-state index contributed by atoms with van der Waals surface area (Å²) < 4.78 is 3.95. The Labute approximate surface area is 125 Å². The van der Waals surface area contributed by atoms with Crippen LogP contribution < -0.4 is 11.1 Å². The second kappa shape index (κ2) is 6.36. The van der Waals surface area contributed by atoms with E-state index in [2.05, 4.69) is 9.69 Å². The highest BCUT2D eigenvalue weighted by atomic mass is 32.1. The smallest absolute Gasteiger partial charge is 0.340 e. The fourth-order valence-electron chi connectivity index (χ4n) is 1.90. The number of carboxylic acids is 1. The average molecular weight is 305 g/mol. The van der Waals surface area contributed by atoms with Crippen LogP contribution in [-0.4, -0.2) is 21.4 Å². The molecule has 0 aliphatic heterocycles. The van der Waals surface area contributed by atoms with Gasteiger partial charge in [-0.15, -0.1) is 0 Å². The minimum Gasteiger partial charge on any atom is -0.478 e. The molecule has 0 aliphatic rings. The number of amides is 1. The fourth-order valence-corrected chi connectivity index (χ4v) is 2.71. The number of rotatable bonds is 5. The molecule has 1 amide bonds. The third kappa shape index (κ3) is 3.79. The summed E-state index contributed by atoms with van der Waals surface area (Å²) in [6, 6.07) is 7.32. The summed E-state index contributed by atoms with van der Waals surface area (Å²) in [5.41, 5.74) is 7.74. The van der Waals surface area contributed by atoms with Crippen molar-refractivity contribution in [3.63, 3.8) is 0 Å². The zero-order chi connectivity index (χ0) is 15.4. The van der Waals surface area contributed by atoms with Crippen molar-refractivity contribution in [2.24, 2.45) is 0 Å².